The Balaban J connectivity index is 1.55. The van der Waals surface area contributed by atoms with Crippen LogP contribution in [0.25, 0.3) is 11.5 Å². The molecule has 2 aromatic carbocycles. The molecule has 0 saturated carbocycles. The lowest BCUT2D eigenvalue weighted by Gasteiger charge is -2.18. The van der Waals surface area contributed by atoms with Crippen molar-refractivity contribution in [1.82, 2.24) is 19.2 Å². The Bertz CT molecular complexity index is 1300. The Hall–Kier alpha value is -3.60. The Morgan fingerprint density at radius 2 is 1.65 bits per heavy atom. The van der Waals surface area contributed by atoms with E-state index in [2.05, 4.69) is 43.5 Å². The van der Waals surface area contributed by atoms with Crippen molar-refractivity contribution in [2.24, 2.45) is 0 Å². The number of nitrogens with zero attached hydrogens (tertiary/aromatic N) is 4. The minimum absolute atomic E-state index is 0.0534. The maximum absolute atomic E-state index is 13.2. The van der Waals surface area contributed by atoms with Gasteiger partial charge in [-0.05, 0) is 74.7 Å². The van der Waals surface area contributed by atoms with Gasteiger partial charge in [0.25, 0.3) is 5.91 Å². The Kier molecular flexibility index (Phi) is 4.54. The number of carbonyl (C=O) groups excluding carboxylic acids is 1. The molecule has 3 heterocycles. The van der Waals surface area contributed by atoms with E-state index in [1.165, 1.54) is 16.7 Å². The summed E-state index contributed by atoms with van der Waals surface area (Å²) in [7, 11) is 0. The summed E-state index contributed by atoms with van der Waals surface area (Å²) in [6.07, 6.45) is 4.07. The molecule has 4 aromatic rings. The standard InChI is InChI=1S/C26H26N4O/c1-17-7-10-24(20(4)13-17)30-25(28-11-5-6-12-28)22-15-29(16-23(22)27-30)26(31)21-9-8-18(2)19(3)14-21/h5-14H,15-16H2,1-4H3. The molecule has 0 unspecified atom stereocenters. The molecule has 0 aliphatic carbocycles. The highest BCUT2D eigenvalue weighted by Gasteiger charge is 2.32. The van der Waals surface area contributed by atoms with Crippen LogP contribution >= 0.6 is 0 Å². The lowest BCUT2D eigenvalue weighted by molar-refractivity contribution is 0.0749. The average molecular weight is 411 g/mol. The first kappa shape index (κ1) is 19.4. The zero-order chi connectivity index (χ0) is 21.7. The van der Waals surface area contributed by atoms with Crippen LogP contribution in [0.3, 0.4) is 0 Å². The van der Waals surface area contributed by atoms with Crippen LogP contribution in [-0.4, -0.2) is 25.2 Å². The van der Waals surface area contributed by atoms with Crippen molar-refractivity contribution in [3.63, 3.8) is 0 Å². The Morgan fingerprint density at radius 3 is 2.35 bits per heavy atom. The van der Waals surface area contributed by atoms with Crippen molar-refractivity contribution in [1.29, 1.82) is 0 Å². The molecule has 0 N–H and O–H groups in total. The van der Waals surface area contributed by atoms with Gasteiger partial charge in [-0.1, -0.05) is 23.8 Å². The van der Waals surface area contributed by atoms with Crippen LogP contribution in [0.15, 0.2) is 60.9 Å². The second-order valence-electron chi connectivity index (χ2n) is 8.50. The summed E-state index contributed by atoms with van der Waals surface area (Å²) >= 11 is 0. The fraction of sp³-hybridized carbons (Fsp3) is 0.231. The van der Waals surface area contributed by atoms with Gasteiger partial charge in [0.15, 0.2) is 0 Å². The quantitative estimate of drug-likeness (QED) is 0.474. The highest BCUT2D eigenvalue weighted by molar-refractivity contribution is 5.94. The zero-order valence-electron chi connectivity index (χ0n) is 18.4. The van der Waals surface area contributed by atoms with E-state index in [1.54, 1.807) is 0 Å². The summed E-state index contributed by atoms with van der Waals surface area (Å²) in [6.45, 7) is 9.40. The van der Waals surface area contributed by atoms with Crippen molar-refractivity contribution in [3.8, 4) is 11.5 Å². The van der Waals surface area contributed by atoms with Crippen molar-refractivity contribution in [3.05, 3.63) is 100.0 Å². The Labute approximate surface area is 182 Å². The van der Waals surface area contributed by atoms with Crippen LogP contribution in [-0.2, 0) is 13.1 Å². The van der Waals surface area contributed by atoms with Gasteiger partial charge in [0.1, 0.15) is 5.82 Å². The normalized spacial score (nSPS) is 13.0. The molecule has 0 spiro atoms. The minimum atomic E-state index is 0.0534. The highest BCUT2D eigenvalue weighted by Crippen LogP contribution is 2.32. The number of hydrogen-bond acceptors (Lipinski definition) is 2. The van der Waals surface area contributed by atoms with Gasteiger partial charge in [-0.3, -0.25) is 4.79 Å². The molecule has 0 bridgehead atoms. The maximum atomic E-state index is 13.2. The van der Waals surface area contributed by atoms with Crippen LogP contribution < -0.4 is 0 Å². The summed E-state index contributed by atoms with van der Waals surface area (Å²) in [5, 5.41) is 4.97. The zero-order valence-corrected chi connectivity index (χ0v) is 18.4. The molecule has 5 nitrogen and oxygen atoms in total. The summed E-state index contributed by atoms with van der Waals surface area (Å²) < 4.78 is 4.12. The van der Waals surface area contributed by atoms with Crippen molar-refractivity contribution in [2.75, 3.05) is 0 Å². The number of aromatic nitrogens is 3. The van der Waals surface area contributed by atoms with E-state index in [0.29, 0.717) is 13.1 Å². The van der Waals surface area contributed by atoms with Crippen LogP contribution in [0, 0.1) is 27.7 Å². The number of fused-ring (bicyclic) bond motifs is 1. The molecule has 156 valence electrons. The number of aryl methyl sites for hydroxylation is 4. The summed E-state index contributed by atoms with van der Waals surface area (Å²) in [5.74, 6) is 1.06. The first-order valence-corrected chi connectivity index (χ1v) is 10.6. The third-order valence-electron chi connectivity index (χ3n) is 6.20. The molecule has 0 radical (unpaired) electrons. The molecule has 1 aliphatic rings. The monoisotopic (exact) mass is 410 g/mol. The minimum Gasteiger partial charge on any atom is -0.328 e. The van der Waals surface area contributed by atoms with Crippen molar-refractivity contribution >= 4 is 5.91 Å². The van der Waals surface area contributed by atoms with Gasteiger partial charge in [-0.25, -0.2) is 4.68 Å². The van der Waals surface area contributed by atoms with Crippen LogP contribution in [0.4, 0.5) is 0 Å². The summed E-state index contributed by atoms with van der Waals surface area (Å²) in [5.41, 5.74) is 8.60. The fourth-order valence-electron chi connectivity index (χ4n) is 4.35. The van der Waals surface area contributed by atoms with E-state index in [-0.39, 0.29) is 5.91 Å². The number of rotatable bonds is 3. The van der Waals surface area contributed by atoms with E-state index in [0.717, 1.165) is 33.9 Å². The van der Waals surface area contributed by atoms with Gasteiger partial charge in [0, 0.05) is 23.5 Å². The fourth-order valence-corrected chi connectivity index (χ4v) is 4.35. The van der Waals surface area contributed by atoms with Gasteiger partial charge < -0.3 is 9.47 Å². The number of amides is 1. The molecule has 1 amide bonds. The molecule has 31 heavy (non-hydrogen) atoms. The lowest BCUT2D eigenvalue weighted by Crippen LogP contribution is -2.26. The third-order valence-corrected chi connectivity index (χ3v) is 6.20. The number of carbonyl (C=O) groups is 1. The predicted molar refractivity (Wildman–Crippen MR) is 122 cm³/mol. The predicted octanol–water partition coefficient (Wildman–Crippen LogP) is 5.05. The molecule has 0 fully saturated rings. The van der Waals surface area contributed by atoms with E-state index in [4.69, 9.17) is 5.10 Å². The van der Waals surface area contributed by atoms with Crippen LogP contribution in [0.1, 0.15) is 43.9 Å². The molecule has 1 aliphatic heterocycles. The third kappa shape index (κ3) is 3.26. The largest absolute Gasteiger partial charge is 0.328 e. The van der Waals surface area contributed by atoms with Gasteiger partial charge in [-0.2, -0.15) is 5.10 Å². The summed E-state index contributed by atoms with van der Waals surface area (Å²) in [6, 6.07) is 16.4. The van der Waals surface area contributed by atoms with E-state index in [1.807, 2.05) is 59.2 Å². The van der Waals surface area contributed by atoms with Crippen LogP contribution in [0.5, 0.6) is 0 Å². The molecule has 0 atom stereocenters. The average Bonchev–Trinajstić information content (AvgIpc) is 3.45. The van der Waals surface area contributed by atoms with Gasteiger partial charge in [0.05, 0.1) is 24.5 Å². The van der Waals surface area contributed by atoms with Gasteiger partial charge in [0.2, 0.25) is 0 Å². The van der Waals surface area contributed by atoms with E-state index >= 15 is 0 Å². The highest BCUT2D eigenvalue weighted by atomic mass is 16.2. The first-order chi connectivity index (χ1) is 14.9. The topological polar surface area (TPSA) is 43.1 Å². The van der Waals surface area contributed by atoms with Crippen molar-refractivity contribution < 1.29 is 4.79 Å². The lowest BCUT2D eigenvalue weighted by atomic mass is 10.1. The molecule has 2 aromatic heterocycles. The second kappa shape index (κ2) is 7.27. The number of hydrogen-bond donors (Lipinski definition) is 0. The first-order valence-electron chi connectivity index (χ1n) is 10.6. The van der Waals surface area contributed by atoms with Gasteiger partial charge >= 0.3 is 0 Å². The second-order valence-corrected chi connectivity index (χ2v) is 8.50. The molecule has 5 heteroatoms. The molecule has 5 rings (SSSR count). The number of benzene rings is 2. The molecule has 0 saturated heterocycles. The van der Waals surface area contributed by atoms with Crippen molar-refractivity contribution in [2.45, 2.75) is 40.8 Å². The molecular weight excluding hydrogens is 384 g/mol. The maximum Gasteiger partial charge on any atom is 0.254 e. The summed E-state index contributed by atoms with van der Waals surface area (Å²) in [4.78, 5) is 15.1. The Morgan fingerprint density at radius 1 is 0.871 bits per heavy atom. The van der Waals surface area contributed by atoms with Crippen LogP contribution in [0.2, 0.25) is 0 Å². The molecular formula is C26H26N4O. The SMILES string of the molecule is Cc1ccc(-n2nc3c(c2-n2cccc2)CN(C(=O)c2ccc(C)c(C)c2)C3)c(C)c1. The van der Waals surface area contributed by atoms with Gasteiger partial charge in [-0.15, -0.1) is 0 Å². The van der Waals surface area contributed by atoms with E-state index < -0.39 is 0 Å². The smallest absolute Gasteiger partial charge is 0.254 e. The van der Waals surface area contributed by atoms with E-state index in [9.17, 15) is 4.79 Å².